The Bertz CT molecular complexity index is 428. The smallest absolute Gasteiger partial charge is 0.204 e. The highest BCUT2D eigenvalue weighted by atomic mass is 16.5. The Hall–Kier alpha value is -1.95. The van der Waals surface area contributed by atoms with E-state index in [0.717, 1.165) is 18.6 Å². The van der Waals surface area contributed by atoms with Crippen molar-refractivity contribution in [1.82, 2.24) is 5.32 Å². The van der Waals surface area contributed by atoms with E-state index in [-0.39, 0.29) is 0 Å². The highest BCUT2D eigenvalue weighted by Gasteiger charge is 2.14. The molecular weight excluding hydrogens is 224 g/mol. The summed E-state index contributed by atoms with van der Waals surface area (Å²) in [5.74, 6) is 1.30. The van der Waals surface area contributed by atoms with Crippen molar-refractivity contribution in [3.05, 3.63) is 42.3 Å². The molecular formula is C15H18N2O. The molecule has 1 saturated carbocycles. The Labute approximate surface area is 108 Å². The van der Waals surface area contributed by atoms with Crippen LogP contribution in [0.3, 0.4) is 0 Å². The number of hydrogen-bond donors (Lipinski definition) is 1. The zero-order chi connectivity index (χ0) is 12.6. The highest BCUT2D eigenvalue weighted by molar-refractivity contribution is 5.24. The molecule has 1 aromatic rings. The van der Waals surface area contributed by atoms with Gasteiger partial charge in [0, 0.05) is 6.04 Å². The second-order valence-corrected chi connectivity index (χ2v) is 4.53. The molecule has 1 N–H and O–H groups in total. The first-order valence-corrected chi connectivity index (χ1v) is 6.48. The normalized spacial score (nSPS) is 16.9. The molecule has 1 aliphatic carbocycles. The van der Waals surface area contributed by atoms with E-state index >= 15 is 0 Å². The first-order chi connectivity index (χ1) is 8.88. The van der Waals surface area contributed by atoms with Crippen molar-refractivity contribution in [2.24, 2.45) is 0 Å². The summed E-state index contributed by atoms with van der Waals surface area (Å²) in [7, 11) is 0. The minimum atomic E-state index is 0.432. The lowest BCUT2D eigenvalue weighted by Gasteiger charge is -2.24. The van der Waals surface area contributed by atoms with Gasteiger partial charge in [0.2, 0.25) is 5.88 Å². The maximum absolute atomic E-state index is 8.80. The second-order valence-electron chi connectivity index (χ2n) is 4.53. The quantitative estimate of drug-likeness (QED) is 0.650. The Kier molecular flexibility index (Phi) is 4.66. The molecule has 0 saturated heterocycles. The van der Waals surface area contributed by atoms with Crippen molar-refractivity contribution >= 4 is 0 Å². The van der Waals surface area contributed by atoms with Gasteiger partial charge in [0.05, 0.1) is 12.1 Å². The van der Waals surface area contributed by atoms with Crippen LogP contribution in [-0.2, 0) is 0 Å². The van der Waals surface area contributed by atoms with Gasteiger partial charge in [-0.2, -0.15) is 5.26 Å². The van der Waals surface area contributed by atoms with Gasteiger partial charge < -0.3 is 10.1 Å². The largest absolute Gasteiger partial charge is 0.441 e. The van der Waals surface area contributed by atoms with E-state index < -0.39 is 0 Å². The van der Waals surface area contributed by atoms with Gasteiger partial charge in [-0.1, -0.05) is 37.5 Å². The van der Waals surface area contributed by atoms with Crippen molar-refractivity contribution in [3.8, 4) is 11.8 Å². The number of benzene rings is 1. The summed E-state index contributed by atoms with van der Waals surface area (Å²) in [4.78, 5) is 0. The van der Waals surface area contributed by atoms with E-state index in [1.807, 2.05) is 36.4 Å². The molecule has 1 fully saturated rings. The van der Waals surface area contributed by atoms with Crippen LogP contribution in [0.15, 0.2) is 42.3 Å². The number of nitrogens with zero attached hydrogens (tertiary/aromatic N) is 1. The SMILES string of the molecule is N#C/C=C(/NC1CCCCC1)Oc1ccccc1. The summed E-state index contributed by atoms with van der Waals surface area (Å²) >= 11 is 0. The average molecular weight is 242 g/mol. The lowest BCUT2D eigenvalue weighted by Crippen LogP contribution is -2.32. The van der Waals surface area contributed by atoms with Gasteiger partial charge in [0.25, 0.3) is 0 Å². The van der Waals surface area contributed by atoms with Crippen molar-refractivity contribution < 1.29 is 4.74 Å². The number of ether oxygens (including phenoxy) is 1. The summed E-state index contributed by atoms with van der Waals surface area (Å²) < 4.78 is 5.69. The van der Waals surface area contributed by atoms with E-state index in [4.69, 9.17) is 10.00 Å². The van der Waals surface area contributed by atoms with Crippen LogP contribution in [-0.4, -0.2) is 6.04 Å². The van der Waals surface area contributed by atoms with Crippen LogP contribution in [0.25, 0.3) is 0 Å². The lowest BCUT2D eigenvalue weighted by molar-refractivity contribution is 0.316. The molecule has 0 radical (unpaired) electrons. The van der Waals surface area contributed by atoms with Gasteiger partial charge in [-0.25, -0.2) is 0 Å². The molecule has 3 nitrogen and oxygen atoms in total. The molecule has 0 heterocycles. The number of para-hydroxylation sites is 1. The van der Waals surface area contributed by atoms with Crippen LogP contribution in [0.5, 0.6) is 5.75 Å². The van der Waals surface area contributed by atoms with E-state index in [1.165, 1.54) is 25.3 Å². The predicted molar refractivity (Wildman–Crippen MR) is 70.8 cm³/mol. The third kappa shape index (κ3) is 3.81. The summed E-state index contributed by atoms with van der Waals surface area (Å²) in [6, 6.07) is 12.0. The van der Waals surface area contributed by atoms with Crippen molar-refractivity contribution in [2.45, 2.75) is 38.1 Å². The monoisotopic (exact) mass is 242 g/mol. The fourth-order valence-corrected chi connectivity index (χ4v) is 2.22. The van der Waals surface area contributed by atoms with Crippen LogP contribution in [0.2, 0.25) is 0 Å². The molecule has 0 bridgehead atoms. The van der Waals surface area contributed by atoms with Crippen molar-refractivity contribution in [2.75, 3.05) is 0 Å². The fraction of sp³-hybridized carbons (Fsp3) is 0.400. The second kappa shape index (κ2) is 6.70. The van der Waals surface area contributed by atoms with Gasteiger partial charge in [-0.05, 0) is 25.0 Å². The van der Waals surface area contributed by atoms with E-state index in [1.54, 1.807) is 0 Å². The molecule has 0 aromatic heterocycles. The molecule has 18 heavy (non-hydrogen) atoms. The van der Waals surface area contributed by atoms with Crippen LogP contribution >= 0.6 is 0 Å². The molecule has 94 valence electrons. The zero-order valence-corrected chi connectivity index (χ0v) is 10.4. The van der Waals surface area contributed by atoms with E-state index in [2.05, 4.69) is 5.32 Å². The fourth-order valence-electron chi connectivity index (χ4n) is 2.22. The number of hydrogen-bond acceptors (Lipinski definition) is 3. The standard InChI is InChI=1S/C15H18N2O/c16-12-11-15(17-13-7-3-1-4-8-13)18-14-9-5-2-6-10-14/h2,5-6,9-11,13,17H,1,3-4,7-8H2/b15-11-. The molecule has 3 heteroatoms. The molecule has 1 aliphatic rings. The highest BCUT2D eigenvalue weighted by Crippen LogP contribution is 2.19. The maximum atomic E-state index is 8.80. The van der Waals surface area contributed by atoms with Crippen LogP contribution in [0.4, 0.5) is 0 Å². The third-order valence-electron chi connectivity index (χ3n) is 3.12. The molecule has 0 amide bonds. The topological polar surface area (TPSA) is 45.0 Å². The summed E-state index contributed by atoms with van der Waals surface area (Å²) in [5, 5.41) is 12.1. The molecule has 0 spiro atoms. The van der Waals surface area contributed by atoms with Crippen molar-refractivity contribution in [1.29, 1.82) is 5.26 Å². The Morgan fingerprint density at radius 1 is 1.22 bits per heavy atom. The Morgan fingerprint density at radius 2 is 1.94 bits per heavy atom. The van der Waals surface area contributed by atoms with E-state index in [9.17, 15) is 0 Å². The van der Waals surface area contributed by atoms with Crippen LogP contribution in [0, 0.1) is 11.3 Å². The zero-order valence-electron chi connectivity index (χ0n) is 10.4. The number of allylic oxidation sites excluding steroid dienone is 1. The summed E-state index contributed by atoms with van der Waals surface area (Å²) in [6.07, 6.45) is 7.56. The van der Waals surface area contributed by atoms with Gasteiger partial charge in [0.15, 0.2) is 0 Å². The first kappa shape index (κ1) is 12.5. The van der Waals surface area contributed by atoms with Gasteiger partial charge in [-0.3, -0.25) is 0 Å². The average Bonchev–Trinajstić information content (AvgIpc) is 2.41. The predicted octanol–water partition coefficient (Wildman–Crippen LogP) is 3.35. The van der Waals surface area contributed by atoms with E-state index in [0.29, 0.717) is 11.9 Å². The van der Waals surface area contributed by atoms with Crippen LogP contribution in [0.1, 0.15) is 32.1 Å². The van der Waals surface area contributed by atoms with Gasteiger partial charge >= 0.3 is 0 Å². The molecule has 0 aliphatic heterocycles. The minimum absolute atomic E-state index is 0.432. The molecule has 2 rings (SSSR count). The van der Waals surface area contributed by atoms with Crippen LogP contribution < -0.4 is 10.1 Å². The van der Waals surface area contributed by atoms with Gasteiger partial charge in [0.1, 0.15) is 5.75 Å². The third-order valence-corrected chi connectivity index (χ3v) is 3.12. The van der Waals surface area contributed by atoms with Gasteiger partial charge in [-0.15, -0.1) is 0 Å². The minimum Gasteiger partial charge on any atom is -0.441 e. The number of rotatable bonds is 4. The first-order valence-electron chi connectivity index (χ1n) is 6.48. The molecule has 1 aromatic carbocycles. The molecule has 0 unspecified atom stereocenters. The lowest BCUT2D eigenvalue weighted by atomic mass is 9.96. The summed E-state index contributed by atoms with van der Waals surface area (Å²) in [5.41, 5.74) is 0. The van der Waals surface area contributed by atoms with Crippen molar-refractivity contribution in [3.63, 3.8) is 0 Å². The Morgan fingerprint density at radius 3 is 2.61 bits per heavy atom. The molecule has 0 atom stereocenters. The number of nitriles is 1. The number of nitrogens with one attached hydrogen (secondary N) is 1. The Balaban J connectivity index is 1.96. The summed E-state index contributed by atoms with van der Waals surface area (Å²) in [6.45, 7) is 0. The maximum Gasteiger partial charge on any atom is 0.204 e.